The molecule has 6 aromatic carbocycles. The molecular weight excluding hydrogens is 1030 g/mol. The molecule has 16 aliphatic carbocycles. The highest BCUT2D eigenvalue weighted by Crippen LogP contribution is 2.79. The fourth-order valence-electron chi connectivity index (χ4n) is 25.7. The summed E-state index contributed by atoms with van der Waals surface area (Å²) in [5.41, 5.74) is 13.6. The van der Waals surface area contributed by atoms with Gasteiger partial charge in [-0.05, 0) is 375 Å². The first-order valence-electron chi connectivity index (χ1n) is 33.3. The van der Waals surface area contributed by atoms with Crippen molar-refractivity contribution in [3.05, 3.63) is 156 Å². The Bertz CT molecular complexity index is 3300. The van der Waals surface area contributed by atoms with Crippen LogP contribution in [-0.4, -0.2) is 22.2 Å². The van der Waals surface area contributed by atoms with E-state index in [2.05, 4.69) is 84.9 Å². The van der Waals surface area contributed by atoms with Crippen molar-refractivity contribution in [1.82, 2.24) is 0 Å². The van der Waals surface area contributed by atoms with Crippen LogP contribution in [0.1, 0.15) is 186 Å². The molecule has 430 valence electrons. The van der Waals surface area contributed by atoms with E-state index < -0.39 is 11.9 Å². The molecule has 16 fully saturated rings. The molecule has 6 nitrogen and oxygen atoms in total. The Kier molecular flexibility index (Phi) is 11.1. The number of rotatable bonds is 13. The summed E-state index contributed by atoms with van der Waals surface area (Å²) in [6, 6.07) is 46.6. The number of ether oxygens (including phenoxy) is 2. The van der Waals surface area contributed by atoms with Crippen LogP contribution in [0.5, 0.6) is 23.0 Å². The van der Waals surface area contributed by atoms with Crippen LogP contribution in [0.2, 0.25) is 0 Å². The van der Waals surface area contributed by atoms with Gasteiger partial charge < -0.3 is 19.7 Å². The minimum atomic E-state index is -0.945. The van der Waals surface area contributed by atoms with Gasteiger partial charge in [-0.3, -0.25) is 0 Å². The van der Waals surface area contributed by atoms with Gasteiger partial charge in [0, 0.05) is 0 Å². The summed E-state index contributed by atoms with van der Waals surface area (Å²) in [6.07, 6.45) is 35.0. The molecule has 0 aliphatic heterocycles. The first-order valence-corrected chi connectivity index (χ1v) is 33.3. The standard InChI is InChI=1S/C78H82O6/c79-71(80)59-5-15-65(16-6-59)83-63-11-1-57(2-12-63)67-19-9-61(73-31-53-27-54(32-73)42-77(41-53,45-73)75-35-47-21-48(36-75)23-49(22-47)37-75)29-69(67)70-30-62(10-20-68(70)58-3-13-64(14-4-58)84-66-17-7-60(8-18-66)72(81)82)74-33-55-28-56(34-74)44-78(43-55,46-74)76-38-50-24-51(39-76)26-52(25-50)40-76/h1-20,29-30,47-56H,21-28,31-46H2,(H,79,80)(H,81,82). The van der Waals surface area contributed by atoms with E-state index in [-0.39, 0.29) is 22.0 Å². The average Bonchev–Trinajstić information content (AvgIpc) is 0.728. The first-order chi connectivity index (χ1) is 40.8. The molecule has 84 heavy (non-hydrogen) atoms. The fraction of sp³-hybridized carbons (Fsp3) is 0.513. The summed E-state index contributed by atoms with van der Waals surface area (Å²) in [6.45, 7) is 0. The molecule has 22 rings (SSSR count). The second-order valence-electron chi connectivity index (χ2n) is 31.9. The summed E-state index contributed by atoms with van der Waals surface area (Å²) in [4.78, 5) is 23.4. The van der Waals surface area contributed by atoms with Crippen LogP contribution in [0.3, 0.4) is 0 Å². The highest BCUT2D eigenvalue weighted by Gasteiger charge is 2.70. The number of aromatic carboxylic acids is 2. The predicted octanol–water partition coefficient (Wildman–Crippen LogP) is 19.8. The highest BCUT2D eigenvalue weighted by atomic mass is 16.5. The van der Waals surface area contributed by atoms with Gasteiger partial charge in [0.05, 0.1) is 11.1 Å². The lowest BCUT2D eigenvalue weighted by molar-refractivity contribution is -0.205. The van der Waals surface area contributed by atoms with Gasteiger partial charge in [0.2, 0.25) is 0 Å². The van der Waals surface area contributed by atoms with Gasteiger partial charge in [0.1, 0.15) is 23.0 Å². The Morgan fingerprint density at radius 1 is 0.310 bits per heavy atom. The van der Waals surface area contributed by atoms with Crippen LogP contribution in [0.15, 0.2) is 133 Å². The first kappa shape index (κ1) is 51.1. The summed E-state index contributed by atoms with van der Waals surface area (Å²) in [5, 5.41) is 19.2. The van der Waals surface area contributed by atoms with Crippen LogP contribution in [-0.2, 0) is 10.8 Å². The Balaban J connectivity index is 0.785. The van der Waals surface area contributed by atoms with Crippen molar-refractivity contribution < 1.29 is 29.3 Å². The molecule has 0 heterocycles. The van der Waals surface area contributed by atoms with E-state index in [4.69, 9.17) is 9.47 Å². The van der Waals surface area contributed by atoms with Gasteiger partial charge >= 0.3 is 11.9 Å². The number of carboxylic acids is 2. The third-order valence-electron chi connectivity index (χ3n) is 27.0. The molecule has 16 bridgehead atoms. The minimum Gasteiger partial charge on any atom is -0.478 e. The normalized spacial score (nSPS) is 39.2. The maximum Gasteiger partial charge on any atom is 0.335 e. The Labute approximate surface area is 496 Å². The number of carbonyl (C=O) groups is 2. The number of hydrogen-bond donors (Lipinski definition) is 2. The molecular formula is C78H82O6. The zero-order valence-electron chi connectivity index (χ0n) is 49.0. The zero-order valence-corrected chi connectivity index (χ0v) is 49.0. The molecule has 6 aromatic rings. The number of benzene rings is 6. The van der Waals surface area contributed by atoms with Crippen LogP contribution < -0.4 is 9.47 Å². The average molecular weight is 1120 g/mol. The molecule has 2 N–H and O–H groups in total. The number of hydrogen-bond acceptors (Lipinski definition) is 4. The van der Waals surface area contributed by atoms with Crippen molar-refractivity contribution in [2.75, 3.05) is 0 Å². The van der Waals surface area contributed by atoms with E-state index in [1.807, 2.05) is 0 Å². The van der Waals surface area contributed by atoms with Crippen LogP contribution in [0.25, 0.3) is 33.4 Å². The lowest BCUT2D eigenvalue weighted by atomic mass is 9.32. The van der Waals surface area contributed by atoms with Gasteiger partial charge in [-0.15, -0.1) is 0 Å². The molecule has 6 heteroatoms. The third kappa shape index (κ3) is 7.91. The molecule has 0 saturated heterocycles. The van der Waals surface area contributed by atoms with Crippen molar-refractivity contribution >= 4 is 11.9 Å². The smallest absolute Gasteiger partial charge is 0.335 e. The van der Waals surface area contributed by atoms with E-state index in [9.17, 15) is 19.8 Å². The van der Waals surface area contributed by atoms with Crippen molar-refractivity contribution in [2.45, 2.75) is 165 Å². The molecule has 4 unspecified atom stereocenters. The Morgan fingerprint density at radius 3 is 0.881 bits per heavy atom. The molecule has 0 spiro atoms. The maximum absolute atomic E-state index is 11.7. The van der Waals surface area contributed by atoms with E-state index in [1.165, 1.54) is 187 Å². The summed E-state index contributed by atoms with van der Waals surface area (Å²) < 4.78 is 12.8. The van der Waals surface area contributed by atoms with Gasteiger partial charge in [-0.1, -0.05) is 48.5 Å². The third-order valence-corrected chi connectivity index (χ3v) is 27.0. The number of carboxylic acid groups (broad SMARTS) is 2. The molecule has 0 aromatic heterocycles. The lowest BCUT2D eigenvalue weighted by Gasteiger charge is -2.72. The van der Waals surface area contributed by atoms with Crippen LogP contribution in [0, 0.1) is 80.8 Å². The second-order valence-corrected chi connectivity index (χ2v) is 31.9. The van der Waals surface area contributed by atoms with E-state index in [0.29, 0.717) is 33.2 Å². The monoisotopic (exact) mass is 1110 g/mol. The van der Waals surface area contributed by atoms with Crippen LogP contribution >= 0.6 is 0 Å². The molecule has 0 radical (unpaired) electrons. The predicted molar refractivity (Wildman–Crippen MR) is 328 cm³/mol. The summed E-state index contributed by atoms with van der Waals surface area (Å²) in [5.74, 6) is 9.87. The highest BCUT2D eigenvalue weighted by molar-refractivity contribution is 5.93. The van der Waals surface area contributed by atoms with Gasteiger partial charge in [-0.25, -0.2) is 9.59 Å². The van der Waals surface area contributed by atoms with Crippen LogP contribution in [0.4, 0.5) is 0 Å². The van der Waals surface area contributed by atoms with Crippen molar-refractivity contribution in [2.24, 2.45) is 80.8 Å². The van der Waals surface area contributed by atoms with Crippen molar-refractivity contribution in [1.29, 1.82) is 0 Å². The lowest BCUT2D eigenvalue weighted by Crippen LogP contribution is -2.63. The van der Waals surface area contributed by atoms with Crippen molar-refractivity contribution in [3.8, 4) is 56.4 Å². The summed E-state index contributed by atoms with van der Waals surface area (Å²) in [7, 11) is 0. The minimum absolute atomic E-state index is 0.179. The zero-order chi connectivity index (χ0) is 56.0. The quantitative estimate of drug-likeness (QED) is 0.120. The molecule has 16 saturated carbocycles. The molecule has 16 aliphatic rings. The molecule has 0 amide bonds. The van der Waals surface area contributed by atoms with Gasteiger partial charge in [0.15, 0.2) is 0 Å². The van der Waals surface area contributed by atoms with E-state index in [1.54, 1.807) is 59.7 Å². The van der Waals surface area contributed by atoms with E-state index >= 15 is 0 Å². The fourth-order valence-corrected chi connectivity index (χ4v) is 25.7. The van der Waals surface area contributed by atoms with E-state index in [0.717, 1.165) is 70.7 Å². The summed E-state index contributed by atoms with van der Waals surface area (Å²) >= 11 is 0. The Hall–Kier alpha value is -6.14. The largest absolute Gasteiger partial charge is 0.478 e. The SMILES string of the molecule is O=C(O)c1ccc(Oc2ccc(-c3ccc(C45CC6CC(C4)CC(C47CC8CC(CC(C8)C4)C7)(C6)C5)cc3-c3cc(C45CC6CC(C4)CC(C47CC8CC(CC(C8)C4)C7)(C6)C5)ccc3-c3ccc(Oc4ccc(C(=O)O)cc4)cc3)cc2)cc1. The maximum atomic E-state index is 11.7. The van der Waals surface area contributed by atoms with Gasteiger partial charge in [-0.2, -0.15) is 0 Å². The Morgan fingerprint density at radius 2 is 0.583 bits per heavy atom. The molecule has 4 atom stereocenters. The van der Waals surface area contributed by atoms with Crippen molar-refractivity contribution in [3.63, 3.8) is 0 Å². The topological polar surface area (TPSA) is 93.1 Å². The second kappa shape index (κ2) is 18.2. The van der Waals surface area contributed by atoms with Gasteiger partial charge in [0.25, 0.3) is 0 Å².